The monoisotopic (exact) mass is 924 g/mol. The highest BCUT2D eigenvalue weighted by molar-refractivity contribution is 6.03. The molecule has 0 bridgehead atoms. The maximum atomic E-state index is 4.94. The van der Waals surface area contributed by atoms with Crippen LogP contribution in [-0.2, 0) is 0 Å². The SMILES string of the molecule is C=Cc1ccc2nn(-c3ccc(N(c4ccc(-c5ccc(N(c6ccc(-n7nc8ccc9ccccc9c8n7)cc6)c6ccc7ccccc7c6)cc5)cc4)c4ccc5ccccc5c4)cc3)nc2c1C=C. The second kappa shape index (κ2) is 17.6. The van der Waals surface area contributed by atoms with Crippen LogP contribution >= 0.6 is 0 Å². The first-order valence-corrected chi connectivity index (χ1v) is 23.9. The summed E-state index contributed by atoms with van der Waals surface area (Å²) in [5.74, 6) is 0. The predicted octanol–water partition coefficient (Wildman–Crippen LogP) is 16.5. The van der Waals surface area contributed by atoms with Gasteiger partial charge in [-0.2, -0.15) is 9.59 Å². The largest absolute Gasteiger partial charge is 0.310 e. The average Bonchev–Trinajstić information content (AvgIpc) is 4.10. The molecule has 0 saturated heterocycles. The zero-order chi connectivity index (χ0) is 48.1. The molecular formula is C64H44N8. The maximum Gasteiger partial charge on any atom is 0.121 e. The lowest BCUT2D eigenvalue weighted by atomic mass is 10.0. The third-order valence-corrected chi connectivity index (χ3v) is 13.6. The van der Waals surface area contributed by atoms with E-state index in [1.165, 1.54) is 21.5 Å². The van der Waals surface area contributed by atoms with Crippen molar-refractivity contribution in [3.8, 4) is 22.5 Å². The molecule has 0 fully saturated rings. The fourth-order valence-corrected chi connectivity index (χ4v) is 9.89. The van der Waals surface area contributed by atoms with Crippen LogP contribution in [0.4, 0.5) is 34.1 Å². The second-order valence-electron chi connectivity index (χ2n) is 17.8. The number of hydrogen-bond donors (Lipinski definition) is 0. The van der Waals surface area contributed by atoms with E-state index >= 15 is 0 Å². The minimum Gasteiger partial charge on any atom is -0.310 e. The van der Waals surface area contributed by atoms with Crippen LogP contribution in [0.1, 0.15) is 11.1 Å². The van der Waals surface area contributed by atoms with E-state index in [0.717, 1.165) is 101 Å². The summed E-state index contributed by atoms with van der Waals surface area (Å²) in [5.41, 5.74) is 15.4. The van der Waals surface area contributed by atoms with E-state index in [-0.39, 0.29) is 0 Å². The Hall–Kier alpha value is -9.92. The van der Waals surface area contributed by atoms with Crippen molar-refractivity contribution in [3.05, 3.63) is 255 Å². The van der Waals surface area contributed by atoms with Gasteiger partial charge in [-0.05, 0) is 153 Å². The number of fused-ring (bicyclic) bond motifs is 6. The lowest BCUT2D eigenvalue weighted by Gasteiger charge is -2.27. The molecule has 0 radical (unpaired) electrons. The van der Waals surface area contributed by atoms with Gasteiger partial charge in [-0.1, -0.05) is 147 Å². The molecule has 0 aliphatic rings. The minimum absolute atomic E-state index is 0.791. The molecule has 0 spiro atoms. The Bertz CT molecular complexity index is 4190. The van der Waals surface area contributed by atoms with Crippen LogP contribution in [0.25, 0.3) is 89.0 Å². The highest BCUT2D eigenvalue weighted by Crippen LogP contribution is 2.40. The Morgan fingerprint density at radius 3 is 1.24 bits per heavy atom. The van der Waals surface area contributed by atoms with Crippen LogP contribution in [0.2, 0.25) is 0 Å². The summed E-state index contributed by atoms with van der Waals surface area (Å²) in [6, 6.07) is 81.1. The molecule has 0 atom stereocenters. The molecule has 72 heavy (non-hydrogen) atoms. The van der Waals surface area contributed by atoms with Gasteiger partial charge in [0.2, 0.25) is 0 Å². The summed E-state index contributed by atoms with van der Waals surface area (Å²) in [6.45, 7) is 7.99. The molecule has 8 heteroatoms. The predicted molar refractivity (Wildman–Crippen MR) is 299 cm³/mol. The molecule has 0 saturated carbocycles. The Morgan fingerprint density at radius 2 is 0.736 bits per heavy atom. The highest BCUT2D eigenvalue weighted by atomic mass is 15.5. The summed E-state index contributed by atoms with van der Waals surface area (Å²) in [5, 5.41) is 26.5. The first kappa shape index (κ1) is 42.2. The van der Waals surface area contributed by atoms with Gasteiger partial charge < -0.3 is 9.80 Å². The van der Waals surface area contributed by atoms with E-state index in [4.69, 9.17) is 20.4 Å². The molecule has 2 aromatic heterocycles. The fraction of sp³-hybridized carbons (Fsp3) is 0. The van der Waals surface area contributed by atoms with E-state index < -0.39 is 0 Å². The number of benzene rings is 11. The smallest absolute Gasteiger partial charge is 0.121 e. The normalized spacial score (nSPS) is 11.4. The van der Waals surface area contributed by atoms with Gasteiger partial charge >= 0.3 is 0 Å². The summed E-state index contributed by atoms with van der Waals surface area (Å²) in [4.78, 5) is 8.02. The van der Waals surface area contributed by atoms with Crippen molar-refractivity contribution in [1.29, 1.82) is 0 Å². The Kier molecular flexibility index (Phi) is 10.3. The van der Waals surface area contributed by atoms with Gasteiger partial charge in [-0.15, -0.1) is 20.4 Å². The van der Waals surface area contributed by atoms with Gasteiger partial charge in [0, 0.05) is 45.1 Å². The topological polar surface area (TPSA) is 67.9 Å². The van der Waals surface area contributed by atoms with Crippen molar-refractivity contribution in [1.82, 2.24) is 30.0 Å². The average molecular weight is 925 g/mol. The van der Waals surface area contributed by atoms with E-state index in [9.17, 15) is 0 Å². The van der Waals surface area contributed by atoms with Crippen molar-refractivity contribution < 1.29 is 0 Å². The van der Waals surface area contributed by atoms with Crippen LogP contribution in [0.15, 0.2) is 244 Å². The maximum absolute atomic E-state index is 4.94. The zero-order valence-corrected chi connectivity index (χ0v) is 39.1. The molecule has 340 valence electrons. The number of nitrogens with zero attached hydrogens (tertiary/aromatic N) is 8. The quantitative estimate of drug-likeness (QED) is 0.129. The van der Waals surface area contributed by atoms with E-state index in [2.05, 4.69) is 229 Å². The number of anilines is 6. The van der Waals surface area contributed by atoms with E-state index in [0.29, 0.717) is 0 Å². The first-order valence-electron chi connectivity index (χ1n) is 23.9. The third kappa shape index (κ3) is 7.51. The van der Waals surface area contributed by atoms with Gasteiger partial charge in [0.15, 0.2) is 0 Å². The molecule has 11 aromatic carbocycles. The van der Waals surface area contributed by atoms with E-state index in [1.54, 1.807) is 9.59 Å². The molecule has 0 amide bonds. The van der Waals surface area contributed by atoms with Crippen LogP contribution in [-0.4, -0.2) is 30.0 Å². The van der Waals surface area contributed by atoms with Crippen LogP contribution in [0, 0.1) is 0 Å². The van der Waals surface area contributed by atoms with Gasteiger partial charge in [-0.25, -0.2) is 0 Å². The third-order valence-electron chi connectivity index (χ3n) is 13.6. The van der Waals surface area contributed by atoms with Gasteiger partial charge in [0.05, 0.1) is 11.4 Å². The molecule has 0 aliphatic carbocycles. The summed E-state index contributed by atoms with van der Waals surface area (Å²) in [7, 11) is 0. The Morgan fingerprint density at radius 1 is 0.333 bits per heavy atom. The first-order chi connectivity index (χ1) is 35.5. The van der Waals surface area contributed by atoms with Crippen molar-refractivity contribution in [2.24, 2.45) is 0 Å². The lowest BCUT2D eigenvalue weighted by molar-refractivity contribution is 0.765. The Balaban J connectivity index is 0.824. The fourth-order valence-electron chi connectivity index (χ4n) is 9.89. The van der Waals surface area contributed by atoms with Crippen LogP contribution in [0.5, 0.6) is 0 Å². The Labute approximate surface area is 415 Å². The molecular weight excluding hydrogens is 881 g/mol. The molecule has 0 N–H and O–H groups in total. The van der Waals surface area contributed by atoms with Gasteiger partial charge in [0.1, 0.15) is 22.1 Å². The van der Waals surface area contributed by atoms with Crippen molar-refractivity contribution in [2.45, 2.75) is 0 Å². The highest BCUT2D eigenvalue weighted by Gasteiger charge is 2.18. The number of hydrogen-bond acceptors (Lipinski definition) is 6. The number of rotatable bonds is 11. The lowest BCUT2D eigenvalue weighted by Crippen LogP contribution is -2.10. The second-order valence-corrected chi connectivity index (χ2v) is 17.8. The zero-order valence-electron chi connectivity index (χ0n) is 39.1. The van der Waals surface area contributed by atoms with Gasteiger partial charge in [0.25, 0.3) is 0 Å². The van der Waals surface area contributed by atoms with E-state index in [1.807, 2.05) is 36.4 Å². The minimum atomic E-state index is 0.791. The molecule has 8 nitrogen and oxygen atoms in total. The van der Waals surface area contributed by atoms with Crippen LogP contribution in [0.3, 0.4) is 0 Å². The van der Waals surface area contributed by atoms with Crippen LogP contribution < -0.4 is 9.80 Å². The number of aromatic nitrogens is 6. The molecule has 0 unspecified atom stereocenters. The molecule has 0 aliphatic heterocycles. The van der Waals surface area contributed by atoms with Crippen molar-refractivity contribution >= 4 is 101 Å². The summed E-state index contributed by atoms with van der Waals surface area (Å²) >= 11 is 0. The summed E-state index contributed by atoms with van der Waals surface area (Å²) < 4.78 is 0. The summed E-state index contributed by atoms with van der Waals surface area (Å²) in [6.07, 6.45) is 3.64. The van der Waals surface area contributed by atoms with Gasteiger partial charge in [-0.3, -0.25) is 0 Å². The standard InChI is InChI=1S/C64H44N8/c1-3-43-23-39-61-63(59(43)4-2)67-71(65-61)55-35-31-53(32-36-55)69(57-29-21-44-11-5-7-14-49(44)41-57)51-25-17-46(18-26-51)47-19-27-52(28-20-47)70(58-30-22-45-12-6-8-15-50(45)42-58)54-33-37-56(38-34-54)72-66-62-40-24-48-13-9-10-16-60(48)64(62)68-72/h3-42H,1-2H2. The van der Waals surface area contributed by atoms with Crippen molar-refractivity contribution in [2.75, 3.05) is 9.80 Å². The molecule has 13 rings (SSSR count). The van der Waals surface area contributed by atoms with Crippen molar-refractivity contribution in [3.63, 3.8) is 0 Å². The molecule has 2 heterocycles. The molecule has 13 aromatic rings.